The van der Waals surface area contributed by atoms with Crippen LogP contribution in [0.1, 0.15) is 226 Å². The van der Waals surface area contributed by atoms with Gasteiger partial charge in [0.05, 0.1) is 25.4 Å². The van der Waals surface area contributed by atoms with Crippen LogP contribution in [0.3, 0.4) is 0 Å². The fourth-order valence-corrected chi connectivity index (χ4v) is 7.74. The summed E-state index contributed by atoms with van der Waals surface area (Å²) in [6, 6.07) is -0.729. The Hall–Kier alpha value is -1.07. The highest BCUT2D eigenvalue weighted by Gasteiger charge is 2.44. The number of nitrogens with one attached hydrogen (secondary N) is 1. The van der Waals surface area contributed by atoms with Crippen LogP contribution in [-0.2, 0) is 14.3 Å². The number of unbranched alkanes of at least 4 members (excludes halogenated alkanes) is 28. The number of rotatable bonds is 40. The first-order chi connectivity index (χ1) is 27.3. The van der Waals surface area contributed by atoms with Crippen molar-refractivity contribution in [3.63, 3.8) is 0 Å². The van der Waals surface area contributed by atoms with E-state index >= 15 is 0 Å². The van der Waals surface area contributed by atoms with Crippen LogP contribution in [0.2, 0.25) is 0 Å². The molecule has 0 bridgehead atoms. The van der Waals surface area contributed by atoms with E-state index in [1.807, 2.05) is 0 Å². The summed E-state index contributed by atoms with van der Waals surface area (Å²) in [5.74, 6) is -0.151. The van der Waals surface area contributed by atoms with E-state index in [0.717, 1.165) is 44.9 Å². The second-order valence-electron chi connectivity index (χ2n) is 16.9. The lowest BCUT2D eigenvalue weighted by molar-refractivity contribution is -0.302. The van der Waals surface area contributed by atoms with Gasteiger partial charge < -0.3 is 40.3 Å². The van der Waals surface area contributed by atoms with Crippen LogP contribution in [0, 0.1) is 0 Å². The SMILES string of the molecule is CCCCCCCCCCC/C=C/CCCC[C@@H](O)[C@H](CO[C@H]1O[C@@H](CO)[C@H](O)C(O)C1O)NC(=O)CCCCCCCCCCCCCCCCCCCC. The van der Waals surface area contributed by atoms with Crippen LogP contribution in [0.15, 0.2) is 12.2 Å². The van der Waals surface area contributed by atoms with Gasteiger partial charge in [0.1, 0.15) is 24.4 Å². The third kappa shape index (κ3) is 28.4. The fraction of sp³-hybridized carbons (Fsp3) is 0.936. The molecule has 0 radical (unpaired) electrons. The van der Waals surface area contributed by atoms with Gasteiger partial charge in [-0.3, -0.25) is 4.79 Å². The summed E-state index contributed by atoms with van der Waals surface area (Å²) >= 11 is 0. The Morgan fingerprint density at radius 2 is 1.00 bits per heavy atom. The number of carbonyl (C=O) groups is 1. The zero-order valence-electron chi connectivity index (χ0n) is 36.4. The molecule has 0 aromatic heterocycles. The van der Waals surface area contributed by atoms with Crippen LogP contribution >= 0.6 is 0 Å². The van der Waals surface area contributed by atoms with Crippen molar-refractivity contribution in [2.24, 2.45) is 0 Å². The lowest BCUT2D eigenvalue weighted by Crippen LogP contribution is -2.60. The molecule has 1 aliphatic rings. The van der Waals surface area contributed by atoms with Crippen molar-refractivity contribution in [3.8, 4) is 0 Å². The molecule has 0 spiro atoms. The first kappa shape index (κ1) is 52.9. The fourth-order valence-electron chi connectivity index (χ4n) is 7.74. The lowest BCUT2D eigenvalue weighted by atomic mass is 9.99. The van der Waals surface area contributed by atoms with Gasteiger partial charge in [-0.25, -0.2) is 0 Å². The molecule has 1 saturated heterocycles. The minimum atomic E-state index is -1.55. The van der Waals surface area contributed by atoms with Crippen molar-refractivity contribution in [1.82, 2.24) is 5.32 Å². The van der Waals surface area contributed by atoms with Crippen molar-refractivity contribution in [2.75, 3.05) is 13.2 Å². The largest absolute Gasteiger partial charge is 0.394 e. The molecular weight excluding hydrogens is 707 g/mol. The molecular formula is C47H91NO8. The van der Waals surface area contributed by atoms with Crippen LogP contribution < -0.4 is 5.32 Å². The van der Waals surface area contributed by atoms with Gasteiger partial charge in [0.15, 0.2) is 6.29 Å². The highest BCUT2D eigenvalue weighted by Crippen LogP contribution is 2.23. The molecule has 9 heteroatoms. The van der Waals surface area contributed by atoms with Crippen molar-refractivity contribution < 1.29 is 39.8 Å². The Balaban J connectivity index is 2.31. The highest BCUT2D eigenvalue weighted by molar-refractivity contribution is 5.76. The van der Waals surface area contributed by atoms with Gasteiger partial charge in [0.25, 0.3) is 0 Å². The Morgan fingerprint density at radius 1 is 0.589 bits per heavy atom. The van der Waals surface area contributed by atoms with E-state index in [0.29, 0.717) is 12.8 Å². The van der Waals surface area contributed by atoms with E-state index in [1.165, 1.54) is 154 Å². The summed E-state index contributed by atoms with van der Waals surface area (Å²) in [6.07, 6.45) is 36.5. The Bertz CT molecular complexity index is 888. The molecule has 9 nitrogen and oxygen atoms in total. The number of allylic oxidation sites excluding steroid dienone is 2. The van der Waals surface area contributed by atoms with Gasteiger partial charge >= 0.3 is 0 Å². The summed E-state index contributed by atoms with van der Waals surface area (Å²) in [5.41, 5.74) is 0. The van der Waals surface area contributed by atoms with E-state index in [4.69, 9.17) is 9.47 Å². The molecule has 0 aliphatic carbocycles. The summed E-state index contributed by atoms with van der Waals surface area (Å²) in [5, 5.41) is 54.3. The third-order valence-electron chi connectivity index (χ3n) is 11.6. The molecule has 56 heavy (non-hydrogen) atoms. The average molecular weight is 798 g/mol. The summed E-state index contributed by atoms with van der Waals surface area (Å²) in [4.78, 5) is 13.0. The number of hydrogen-bond donors (Lipinski definition) is 6. The molecule has 7 atom stereocenters. The molecule has 1 heterocycles. The van der Waals surface area contributed by atoms with Crippen molar-refractivity contribution in [1.29, 1.82) is 0 Å². The van der Waals surface area contributed by atoms with Crippen LogP contribution in [-0.4, -0.2) is 87.5 Å². The molecule has 1 rings (SSSR count). The summed E-state index contributed by atoms with van der Waals surface area (Å²) in [6.45, 7) is 3.83. The Morgan fingerprint density at radius 3 is 1.45 bits per heavy atom. The van der Waals surface area contributed by atoms with Gasteiger partial charge in [0, 0.05) is 6.42 Å². The smallest absolute Gasteiger partial charge is 0.220 e. The highest BCUT2D eigenvalue weighted by atomic mass is 16.7. The molecule has 2 unspecified atom stereocenters. The van der Waals surface area contributed by atoms with Crippen LogP contribution in [0.4, 0.5) is 0 Å². The van der Waals surface area contributed by atoms with Gasteiger partial charge in [-0.15, -0.1) is 0 Å². The van der Waals surface area contributed by atoms with Gasteiger partial charge in [-0.1, -0.05) is 193 Å². The molecule has 1 fully saturated rings. The van der Waals surface area contributed by atoms with E-state index < -0.39 is 49.5 Å². The zero-order chi connectivity index (χ0) is 40.9. The zero-order valence-corrected chi connectivity index (χ0v) is 36.4. The van der Waals surface area contributed by atoms with Crippen molar-refractivity contribution in [3.05, 3.63) is 12.2 Å². The van der Waals surface area contributed by atoms with Gasteiger partial charge in [-0.05, 0) is 38.5 Å². The quantitative estimate of drug-likeness (QED) is 0.0265. The minimum absolute atomic E-state index is 0.145. The number of hydrogen-bond acceptors (Lipinski definition) is 8. The third-order valence-corrected chi connectivity index (χ3v) is 11.6. The maximum absolute atomic E-state index is 13.0. The van der Waals surface area contributed by atoms with Crippen LogP contribution in [0.25, 0.3) is 0 Å². The number of aliphatic hydroxyl groups excluding tert-OH is 5. The molecule has 0 saturated carbocycles. The van der Waals surface area contributed by atoms with E-state index in [9.17, 15) is 30.3 Å². The Kier molecular flexibility index (Phi) is 36.1. The molecule has 6 N–H and O–H groups in total. The van der Waals surface area contributed by atoms with E-state index in [1.54, 1.807) is 0 Å². The second kappa shape index (κ2) is 38.2. The summed E-state index contributed by atoms with van der Waals surface area (Å²) < 4.78 is 11.3. The van der Waals surface area contributed by atoms with Crippen molar-refractivity contribution >= 4 is 5.91 Å². The van der Waals surface area contributed by atoms with E-state index in [-0.39, 0.29) is 12.5 Å². The van der Waals surface area contributed by atoms with Crippen molar-refractivity contribution in [2.45, 2.75) is 269 Å². The first-order valence-electron chi connectivity index (χ1n) is 23.9. The average Bonchev–Trinajstić information content (AvgIpc) is 3.20. The van der Waals surface area contributed by atoms with Gasteiger partial charge in [0.2, 0.25) is 5.91 Å². The standard InChI is InChI=1S/C47H91NO8/c1-3-5-7-9-11-13-15-17-19-20-21-23-25-27-29-31-33-35-37-43(51)48-40(39-55-47-46(54)45(53)44(52)42(38-49)56-47)41(50)36-34-32-30-28-26-24-22-18-16-14-12-10-8-6-4-2/h26,28,40-42,44-47,49-50,52-54H,3-25,27,29-39H2,1-2H3,(H,48,51)/b28-26+/t40-,41+,42-,44-,45?,46?,47-/m0/s1. The number of amides is 1. The van der Waals surface area contributed by atoms with E-state index in [2.05, 4.69) is 31.3 Å². The lowest BCUT2D eigenvalue weighted by Gasteiger charge is -2.40. The molecule has 332 valence electrons. The summed E-state index contributed by atoms with van der Waals surface area (Å²) in [7, 11) is 0. The molecule has 0 aromatic rings. The van der Waals surface area contributed by atoms with Crippen LogP contribution in [0.5, 0.6) is 0 Å². The second-order valence-corrected chi connectivity index (χ2v) is 16.9. The normalized spacial score (nSPS) is 21.2. The number of ether oxygens (including phenoxy) is 2. The molecule has 1 aliphatic heterocycles. The maximum Gasteiger partial charge on any atom is 0.220 e. The first-order valence-corrected chi connectivity index (χ1v) is 23.9. The van der Waals surface area contributed by atoms with Gasteiger partial charge in [-0.2, -0.15) is 0 Å². The maximum atomic E-state index is 13.0. The molecule has 1 amide bonds. The number of carbonyl (C=O) groups excluding carboxylic acids is 1. The monoisotopic (exact) mass is 798 g/mol. The molecule has 0 aromatic carbocycles. The topological polar surface area (TPSA) is 149 Å². The Labute approximate surface area is 344 Å². The minimum Gasteiger partial charge on any atom is -0.394 e. The predicted octanol–water partition coefficient (Wildman–Crippen LogP) is 10.1. The number of aliphatic hydroxyl groups is 5. The predicted molar refractivity (Wildman–Crippen MR) is 231 cm³/mol.